The van der Waals surface area contributed by atoms with Crippen LogP contribution in [0, 0.1) is 18.3 Å². The Kier molecular flexibility index (Phi) is 13.9. The molecule has 11 heteroatoms. The molecule has 0 heterocycles. The van der Waals surface area contributed by atoms with E-state index in [0.717, 1.165) is 6.42 Å². The summed E-state index contributed by atoms with van der Waals surface area (Å²) in [7, 11) is 1.19. The van der Waals surface area contributed by atoms with Crippen molar-refractivity contribution in [3.8, 4) is 12.3 Å². The Hall–Kier alpha value is -4.07. The van der Waals surface area contributed by atoms with Crippen LogP contribution in [0.2, 0.25) is 0 Å². The van der Waals surface area contributed by atoms with Crippen LogP contribution in [-0.2, 0) is 28.7 Å². The summed E-state index contributed by atoms with van der Waals surface area (Å²) >= 11 is 0. The zero-order chi connectivity index (χ0) is 31.3. The van der Waals surface area contributed by atoms with E-state index in [4.69, 9.17) is 16.9 Å². The molecule has 0 aliphatic rings. The first kappa shape index (κ1) is 35.0. The molecule has 1 aromatic rings. The topological polar surface area (TPSA) is 157 Å². The molecule has 0 saturated heterocycles. The summed E-state index contributed by atoms with van der Waals surface area (Å²) < 4.78 is 10.0. The third kappa shape index (κ3) is 11.9. The highest BCUT2D eigenvalue weighted by Gasteiger charge is 2.39. The number of carbonyl (C=O) groups is 5. The minimum Gasteiger partial charge on any atom is -0.468 e. The Morgan fingerprint density at radius 1 is 1.05 bits per heavy atom. The van der Waals surface area contributed by atoms with E-state index >= 15 is 0 Å². The number of nitrogens with zero attached hydrogens (tertiary/aromatic N) is 1. The number of esters is 1. The van der Waals surface area contributed by atoms with E-state index in [9.17, 15) is 24.0 Å². The first-order chi connectivity index (χ1) is 19.1. The average Bonchev–Trinajstić information content (AvgIpc) is 2.89. The van der Waals surface area contributed by atoms with Crippen molar-refractivity contribution in [2.45, 2.75) is 91.0 Å². The highest BCUT2D eigenvalue weighted by atomic mass is 16.6. The van der Waals surface area contributed by atoms with E-state index < -0.39 is 60.1 Å². The quantitative estimate of drug-likeness (QED) is 0.228. The van der Waals surface area contributed by atoms with Crippen LogP contribution in [0.4, 0.5) is 4.79 Å². The molecule has 0 fully saturated rings. The number of terminal acetylenes is 1. The van der Waals surface area contributed by atoms with Crippen LogP contribution in [0.25, 0.3) is 0 Å². The lowest BCUT2D eigenvalue weighted by Gasteiger charge is -2.39. The van der Waals surface area contributed by atoms with Crippen molar-refractivity contribution < 1.29 is 33.4 Å². The van der Waals surface area contributed by atoms with Crippen molar-refractivity contribution in [1.29, 1.82) is 0 Å². The van der Waals surface area contributed by atoms with E-state index in [0.29, 0.717) is 23.5 Å². The van der Waals surface area contributed by atoms with Crippen molar-refractivity contribution in [1.82, 2.24) is 15.5 Å². The molecule has 3 atom stereocenters. The van der Waals surface area contributed by atoms with Gasteiger partial charge in [-0.05, 0) is 64.5 Å². The van der Waals surface area contributed by atoms with Gasteiger partial charge in [-0.3, -0.25) is 19.2 Å². The zero-order valence-electron chi connectivity index (χ0n) is 25.1. The number of amides is 4. The van der Waals surface area contributed by atoms with Gasteiger partial charge in [0.2, 0.25) is 17.7 Å². The molecular weight excluding hydrogens is 528 g/mol. The predicted molar refractivity (Wildman–Crippen MR) is 154 cm³/mol. The molecule has 226 valence electrons. The second kappa shape index (κ2) is 16.3. The maximum Gasteiger partial charge on any atom is 0.408 e. The van der Waals surface area contributed by atoms with Crippen molar-refractivity contribution in [3.63, 3.8) is 0 Å². The van der Waals surface area contributed by atoms with Gasteiger partial charge in [0.25, 0.3) is 0 Å². The SMILES string of the molecule is C#Cc1ccccc1C(C(=O)NCC(=O)OC)N(C(=O)C(CCC(N)=O)NC(=O)OC(C)(C)C)C(C)CCC(C)C. The summed E-state index contributed by atoms with van der Waals surface area (Å²) in [5, 5.41) is 5.09. The number of hydrogen-bond donors (Lipinski definition) is 3. The molecular formula is C30H44N4O7. The van der Waals surface area contributed by atoms with Gasteiger partial charge < -0.3 is 30.7 Å². The Morgan fingerprint density at radius 3 is 2.22 bits per heavy atom. The molecule has 0 saturated carbocycles. The van der Waals surface area contributed by atoms with Gasteiger partial charge in [-0.25, -0.2) is 4.79 Å². The second-order valence-electron chi connectivity index (χ2n) is 11.2. The molecule has 4 N–H and O–H groups in total. The van der Waals surface area contributed by atoms with Crippen LogP contribution in [0.1, 0.15) is 84.4 Å². The Labute approximate surface area is 242 Å². The lowest BCUT2D eigenvalue weighted by atomic mass is 9.94. The fourth-order valence-electron chi connectivity index (χ4n) is 4.10. The molecule has 3 unspecified atom stereocenters. The van der Waals surface area contributed by atoms with Crippen molar-refractivity contribution in [2.24, 2.45) is 11.7 Å². The van der Waals surface area contributed by atoms with Crippen molar-refractivity contribution in [3.05, 3.63) is 35.4 Å². The number of benzene rings is 1. The lowest BCUT2D eigenvalue weighted by Crippen LogP contribution is -2.56. The summed E-state index contributed by atoms with van der Waals surface area (Å²) in [5.74, 6) is 0.190. The van der Waals surface area contributed by atoms with Crippen LogP contribution < -0.4 is 16.4 Å². The Balaban J connectivity index is 3.73. The Bertz CT molecular complexity index is 1120. The van der Waals surface area contributed by atoms with Crippen LogP contribution in [-0.4, -0.2) is 66.0 Å². The fourth-order valence-corrected chi connectivity index (χ4v) is 4.10. The summed E-state index contributed by atoms with van der Waals surface area (Å²) in [5.41, 5.74) is 5.24. The largest absolute Gasteiger partial charge is 0.468 e. The number of nitrogens with two attached hydrogens (primary N) is 1. The van der Waals surface area contributed by atoms with Gasteiger partial charge in [-0.15, -0.1) is 6.42 Å². The van der Waals surface area contributed by atoms with E-state index in [-0.39, 0.29) is 12.8 Å². The number of ether oxygens (including phenoxy) is 2. The summed E-state index contributed by atoms with van der Waals surface area (Å²) in [6.07, 6.45) is 5.79. The molecule has 4 amide bonds. The smallest absolute Gasteiger partial charge is 0.408 e. The van der Waals surface area contributed by atoms with Gasteiger partial charge in [0.05, 0.1) is 7.11 Å². The van der Waals surface area contributed by atoms with E-state index in [1.165, 1.54) is 12.0 Å². The van der Waals surface area contributed by atoms with Crippen LogP contribution in [0.3, 0.4) is 0 Å². The molecule has 0 aromatic heterocycles. The monoisotopic (exact) mass is 572 g/mol. The molecule has 1 rings (SSSR count). The number of alkyl carbamates (subject to hydrolysis) is 1. The van der Waals surface area contributed by atoms with Gasteiger partial charge in [0.15, 0.2) is 0 Å². The number of methoxy groups -OCH3 is 1. The molecule has 0 aliphatic carbocycles. The van der Waals surface area contributed by atoms with Crippen molar-refractivity contribution in [2.75, 3.05) is 13.7 Å². The summed E-state index contributed by atoms with van der Waals surface area (Å²) in [4.78, 5) is 65.7. The average molecular weight is 573 g/mol. The van der Waals surface area contributed by atoms with Crippen LogP contribution >= 0.6 is 0 Å². The molecule has 41 heavy (non-hydrogen) atoms. The number of nitrogens with one attached hydrogen (secondary N) is 2. The highest BCUT2D eigenvalue weighted by Crippen LogP contribution is 2.30. The van der Waals surface area contributed by atoms with Crippen molar-refractivity contribution >= 4 is 29.8 Å². The summed E-state index contributed by atoms with van der Waals surface area (Å²) in [6, 6.07) is 3.60. The second-order valence-corrected chi connectivity index (χ2v) is 11.2. The predicted octanol–water partition coefficient (Wildman–Crippen LogP) is 2.81. The molecule has 0 bridgehead atoms. The lowest BCUT2D eigenvalue weighted by molar-refractivity contribution is -0.146. The van der Waals surface area contributed by atoms with Gasteiger partial charge in [-0.1, -0.05) is 38.0 Å². The maximum absolute atomic E-state index is 14.3. The third-order valence-electron chi connectivity index (χ3n) is 6.13. The van der Waals surface area contributed by atoms with Gasteiger partial charge in [0.1, 0.15) is 24.2 Å². The minimum absolute atomic E-state index is 0.131. The fraction of sp³-hybridized carbons (Fsp3) is 0.567. The number of hydrogen-bond acceptors (Lipinski definition) is 7. The highest BCUT2D eigenvalue weighted by molar-refractivity contribution is 5.94. The number of rotatable bonds is 14. The molecule has 11 nitrogen and oxygen atoms in total. The standard InChI is InChI=1S/C30H44N4O7/c1-9-21-12-10-11-13-22(21)26(27(37)32-18-25(36)40-8)34(20(4)15-14-19(2)3)28(38)23(16-17-24(31)35)33-29(39)41-30(5,6)7/h1,10-13,19-20,23,26H,14-18H2,2-8H3,(H2,31,35)(H,32,37)(H,33,39). The molecule has 0 radical (unpaired) electrons. The van der Waals surface area contributed by atoms with E-state index in [2.05, 4.69) is 21.3 Å². The van der Waals surface area contributed by atoms with E-state index in [1.807, 2.05) is 13.8 Å². The Morgan fingerprint density at radius 2 is 1.68 bits per heavy atom. The first-order valence-corrected chi connectivity index (χ1v) is 13.6. The minimum atomic E-state index is -1.28. The van der Waals surface area contributed by atoms with E-state index in [1.54, 1.807) is 52.0 Å². The normalized spacial score (nSPS) is 13.2. The third-order valence-corrected chi connectivity index (χ3v) is 6.13. The number of carbonyl (C=O) groups excluding carboxylic acids is 5. The summed E-state index contributed by atoms with van der Waals surface area (Å²) in [6.45, 7) is 10.4. The molecule has 0 aliphatic heterocycles. The maximum atomic E-state index is 14.3. The van der Waals surface area contributed by atoms with Gasteiger partial charge in [-0.2, -0.15) is 0 Å². The van der Waals surface area contributed by atoms with Crippen LogP contribution in [0.5, 0.6) is 0 Å². The molecule has 0 spiro atoms. The van der Waals surface area contributed by atoms with Gasteiger partial charge >= 0.3 is 12.1 Å². The first-order valence-electron chi connectivity index (χ1n) is 13.6. The number of primary amides is 1. The molecule has 1 aromatic carbocycles. The zero-order valence-corrected chi connectivity index (χ0v) is 25.1. The van der Waals surface area contributed by atoms with Crippen LogP contribution in [0.15, 0.2) is 24.3 Å². The van der Waals surface area contributed by atoms with Gasteiger partial charge in [0, 0.05) is 18.0 Å².